The van der Waals surface area contributed by atoms with Crippen molar-refractivity contribution in [2.45, 2.75) is 45.2 Å². The summed E-state index contributed by atoms with van der Waals surface area (Å²) in [6.45, 7) is 6.13. The number of aliphatic imine (C=N–C) groups is 1. The van der Waals surface area contributed by atoms with Crippen molar-refractivity contribution >= 4 is 35.8 Å². The van der Waals surface area contributed by atoms with Gasteiger partial charge in [-0.1, -0.05) is 25.5 Å². The zero-order valence-electron chi connectivity index (χ0n) is 17.7. The van der Waals surface area contributed by atoms with Crippen LogP contribution in [-0.4, -0.2) is 68.5 Å². The van der Waals surface area contributed by atoms with E-state index >= 15 is 0 Å². The molecular formula is C21H36IN5O. The summed E-state index contributed by atoms with van der Waals surface area (Å²) in [6, 6.07) is 8.44. The molecule has 7 heteroatoms. The number of hydrogen-bond acceptors (Lipinski definition) is 3. The molecule has 1 fully saturated rings. The normalized spacial score (nSPS) is 17.6. The fraction of sp³-hybridized carbons (Fsp3) is 0.619. The highest BCUT2D eigenvalue weighted by Crippen LogP contribution is 2.18. The molecule has 1 aliphatic rings. The Kier molecular flexibility index (Phi) is 11.4. The summed E-state index contributed by atoms with van der Waals surface area (Å²) in [5, 5.41) is 6.76. The zero-order chi connectivity index (χ0) is 19.6. The van der Waals surface area contributed by atoms with E-state index in [2.05, 4.69) is 27.4 Å². The number of carbonyl (C=O) groups is 1. The molecule has 1 aliphatic heterocycles. The number of amides is 1. The van der Waals surface area contributed by atoms with Gasteiger partial charge in [-0.2, -0.15) is 0 Å². The van der Waals surface area contributed by atoms with Crippen LogP contribution in [0.3, 0.4) is 0 Å². The fourth-order valence-corrected chi connectivity index (χ4v) is 3.56. The van der Waals surface area contributed by atoms with Crippen molar-refractivity contribution in [1.29, 1.82) is 0 Å². The average Bonchev–Trinajstić information content (AvgIpc) is 2.70. The molecule has 1 atom stereocenters. The van der Waals surface area contributed by atoms with Gasteiger partial charge in [-0.25, -0.2) is 0 Å². The first-order valence-electron chi connectivity index (χ1n) is 10.0. The smallest absolute Gasteiger partial charge is 0.253 e. The summed E-state index contributed by atoms with van der Waals surface area (Å²) in [7, 11) is 5.32. The SMILES string of the molecule is CCC1CCCCN1CCNC(=NC)NCc1ccc(C(=O)N(C)C)cc1.I. The second-order valence-electron chi connectivity index (χ2n) is 7.34. The maximum absolute atomic E-state index is 11.9. The van der Waals surface area contributed by atoms with Gasteiger partial charge in [0.15, 0.2) is 5.96 Å². The molecule has 1 aromatic rings. The van der Waals surface area contributed by atoms with Crippen molar-refractivity contribution in [1.82, 2.24) is 20.4 Å². The van der Waals surface area contributed by atoms with Crippen LogP contribution in [0.25, 0.3) is 0 Å². The molecule has 0 saturated carbocycles. The number of carbonyl (C=O) groups excluding carboxylic acids is 1. The Hall–Kier alpha value is -1.35. The second-order valence-corrected chi connectivity index (χ2v) is 7.34. The zero-order valence-corrected chi connectivity index (χ0v) is 20.0. The van der Waals surface area contributed by atoms with Crippen LogP contribution in [0.5, 0.6) is 0 Å². The lowest BCUT2D eigenvalue weighted by Gasteiger charge is -2.35. The van der Waals surface area contributed by atoms with Gasteiger partial charge in [-0.15, -0.1) is 24.0 Å². The van der Waals surface area contributed by atoms with Crippen molar-refractivity contribution in [2.24, 2.45) is 4.99 Å². The fourth-order valence-electron chi connectivity index (χ4n) is 3.56. The van der Waals surface area contributed by atoms with Crippen LogP contribution in [0, 0.1) is 0 Å². The molecule has 0 spiro atoms. The predicted octanol–water partition coefficient (Wildman–Crippen LogP) is 2.94. The molecular weight excluding hydrogens is 465 g/mol. The Morgan fingerprint density at radius 2 is 1.93 bits per heavy atom. The number of hydrogen-bond donors (Lipinski definition) is 2. The van der Waals surface area contributed by atoms with Gasteiger partial charge in [0.05, 0.1) is 0 Å². The third-order valence-electron chi connectivity index (χ3n) is 5.20. The molecule has 2 N–H and O–H groups in total. The minimum atomic E-state index is 0. The highest BCUT2D eigenvalue weighted by molar-refractivity contribution is 14.0. The van der Waals surface area contributed by atoms with Crippen LogP contribution in [0.4, 0.5) is 0 Å². The summed E-state index contributed by atoms with van der Waals surface area (Å²) in [6.07, 6.45) is 5.25. The summed E-state index contributed by atoms with van der Waals surface area (Å²) in [4.78, 5) is 20.4. The van der Waals surface area contributed by atoms with Gasteiger partial charge in [0.2, 0.25) is 0 Å². The lowest BCUT2D eigenvalue weighted by molar-refractivity contribution is 0.0827. The minimum Gasteiger partial charge on any atom is -0.355 e. The summed E-state index contributed by atoms with van der Waals surface area (Å²) < 4.78 is 0. The number of nitrogens with zero attached hydrogens (tertiary/aromatic N) is 3. The van der Waals surface area contributed by atoms with Gasteiger partial charge >= 0.3 is 0 Å². The molecule has 6 nitrogen and oxygen atoms in total. The van der Waals surface area contributed by atoms with Gasteiger partial charge in [0, 0.05) is 52.4 Å². The first-order chi connectivity index (χ1) is 13.0. The molecule has 1 unspecified atom stereocenters. The standard InChI is InChI=1S/C21H35N5O.HI/c1-5-19-8-6-7-14-26(19)15-13-23-21(22-2)24-16-17-9-11-18(12-10-17)20(27)25(3)4;/h9-12,19H,5-8,13-16H2,1-4H3,(H2,22,23,24);1H. The van der Waals surface area contributed by atoms with Crippen molar-refractivity contribution in [2.75, 3.05) is 40.8 Å². The third-order valence-corrected chi connectivity index (χ3v) is 5.20. The molecule has 2 rings (SSSR count). The van der Waals surface area contributed by atoms with Gasteiger partial charge in [-0.3, -0.25) is 14.7 Å². The average molecular weight is 501 g/mol. The topological polar surface area (TPSA) is 60.0 Å². The molecule has 1 aromatic carbocycles. The molecule has 1 saturated heterocycles. The lowest BCUT2D eigenvalue weighted by atomic mass is 10.0. The number of piperidine rings is 1. The maximum atomic E-state index is 11.9. The molecule has 0 bridgehead atoms. The van der Waals surface area contributed by atoms with Gasteiger partial charge in [0.1, 0.15) is 0 Å². The van der Waals surface area contributed by atoms with E-state index in [0.29, 0.717) is 12.1 Å². The van der Waals surface area contributed by atoms with E-state index in [-0.39, 0.29) is 29.9 Å². The van der Waals surface area contributed by atoms with Crippen molar-refractivity contribution in [3.63, 3.8) is 0 Å². The lowest BCUT2D eigenvalue weighted by Crippen LogP contribution is -2.45. The highest BCUT2D eigenvalue weighted by atomic mass is 127. The number of likely N-dealkylation sites (tertiary alicyclic amines) is 1. The first-order valence-corrected chi connectivity index (χ1v) is 10.0. The number of benzene rings is 1. The van der Waals surface area contributed by atoms with Crippen LogP contribution >= 0.6 is 24.0 Å². The minimum absolute atomic E-state index is 0. The van der Waals surface area contributed by atoms with Gasteiger partial charge < -0.3 is 15.5 Å². The maximum Gasteiger partial charge on any atom is 0.253 e. The number of guanidine groups is 1. The Morgan fingerprint density at radius 3 is 2.54 bits per heavy atom. The number of rotatable bonds is 7. The van der Waals surface area contributed by atoms with E-state index in [4.69, 9.17) is 0 Å². The monoisotopic (exact) mass is 501 g/mol. The Bertz CT molecular complexity index is 618. The summed E-state index contributed by atoms with van der Waals surface area (Å²) in [5.74, 6) is 0.837. The molecule has 28 heavy (non-hydrogen) atoms. The van der Waals surface area contributed by atoms with Gasteiger partial charge in [-0.05, 0) is 43.5 Å². The molecule has 1 amide bonds. The van der Waals surface area contributed by atoms with Crippen LogP contribution in [0.2, 0.25) is 0 Å². The Morgan fingerprint density at radius 1 is 1.21 bits per heavy atom. The van der Waals surface area contributed by atoms with Crippen LogP contribution < -0.4 is 10.6 Å². The molecule has 1 heterocycles. The largest absolute Gasteiger partial charge is 0.355 e. The Labute approximate surface area is 187 Å². The van der Waals surface area contributed by atoms with Crippen LogP contribution in [0.1, 0.15) is 48.5 Å². The van der Waals surface area contributed by atoms with Crippen molar-refractivity contribution in [3.8, 4) is 0 Å². The van der Waals surface area contributed by atoms with E-state index in [0.717, 1.165) is 30.7 Å². The molecule has 0 aliphatic carbocycles. The first kappa shape index (κ1) is 24.7. The van der Waals surface area contributed by atoms with Crippen molar-refractivity contribution < 1.29 is 4.79 Å². The Balaban J connectivity index is 0.00000392. The van der Waals surface area contributed by atoms with Crippen LogP contribution in [-0.2, 0) is 6.54 Å². The van der Waals surface area contributed by atoms with E-state index in [9.17, 15) is 4.79 Å². The molecule has 158 valence electrons. The molecule has 0 radical (unpaired) electrons. The van der Waals surface area contributed by atoms with E-state index in [1.54, 1.807) is 26.0 Å². The molecule has 0 aromatic heterocycles. The van der Waals surface area contributed by atoms with Crippen LogP contribution in [0.15, 0.2) is 29.3 Å². The summed E-state index contributed by atoms with van der Waals surface area (Å²) in [5.41, 5.74) is 1.83. The van der Waals surface area contributed by atoms with Crippen molar-refractivity contribution in [3.05, 3.63) is 35.4 Å². The van der Waals surface area contributed by atoms with Gasteiger partial charge in [0.25, 0.3) is 5.91 Å². The number of halogens is 1. The van der Waals surface area contributed by atoms with E-state index in [1.807, 2.05) is 24.3 Å². The van der Waals surface area contributed by atoms with E-state index < -0.39 is 0 Å². The third kappa shape index (κ3) is 7.58. The number of nitrogens with one attached hydrogen (secondary N) is 2. The predicted molar refractivity (Wildman–Crippen MR) is 128 cm³/mol. The second kappa shape index (κ2) is 13.0. The summed E-state index contributed by atoms with van der Waals surface area (Å²) >= 11 is 0. The highest BCUT2D eigenvalue weighted by Gasteiger charge is 2.19. The van der Waals surface area contributed by atoms with E-state index in [1.165, 1.54) is 32.2 Å². The quantitative estimate of drug-likeness (QED) is 0.343.